The maximum atomic E-state index is 13.1. The van der Waals surface area contributed by atoms with E-state index in [1.807, 2.05) is 36.5 Å². The lowest BCUT2D eigenvalue weighted by Crippen LogP contribution is -2.50. The molecular weight excluding hydrogens is 432 g/mol. The summed E-state index contributed by atoms with van der Waals surface area (Å²) in [4.78, 5) is 29.1. The maximum Gasteiger partial charge on any atom is 0.255 e. The normalized spacial score (nSPS) is 14.5. The fraction of sp³-hybridized carbons (Fsp3) is 0.273. The molecule has 1 aliphatic heterocycles. The number of rotatable bonds is 7. The number of carbonyl (C=O) groups is 2. The average molecular weight is 457 g/mol. The Hall–Kier alpha value is -3.27. The standard InChI is InChI=1S/C22H24N6O3.ClH/c23-20(30)19(29)17(11-14-5-2-1-3-6-14)26-22(31)16-7-4-9-25-21(16)28-13-15-8-10-24-12-18(15)27-28;/h1-7,9,13,17,19,24,29H,8,10-12H2,(H2,23,30)(H,26,31);1H. The summed E-state index contributed by atoms with van der Waals surface area (Å²) in [5.41, 5.74) is 8.48. The zero-order chi connectivity index (χ0) is 21.8. The minimum atomic E-state index is -1.53. The van der Waals surface area contributed by atoms with Gasteiger partial charge in [0.25, 0.3) is 5.91 Å². The van der Waals surface area contributed by atoms with Gasteiger partial charge in [0.2, 0.25) is 5.91 Å². The van der Waals surface area contributed by atoms with Crippen LogP contribution in [0.25, 0.3) is 5.82 Å². The number of aromatic nitrogens is 3. The SMILES string of the molecule is Cl.NC(=O)C(O)C(Cc1ccccc1)NC(=O)c1cccnc1-n1cc2c(n1)CNCC2. The second-order valence-corrected chi connectivity index (χ2v) is 7.46. The van der Waals surface area contributed by atoms with Crippen molar-refractivity contribution in [1.82, 2.24) is 25.4 Å². The van der Waals surface area contributed by atoms with E-state index in [-0.39, 0.29) is 24.4 Å². The molecule has 0 aliphatic carbocycles. The highest BCUT2D eigenvalue weighted by molar-refractivity contribution is 5.97. The Balaban J connectivity index is 0.00000289. The highest BCUT2D eigenvalue weighted by Gasteiger charge is 2.28. The predicted octanol–water partition coefficient (Wildman–Crippen LogP) is 0.522. The molecule has 4 rings (SSSR count). The summed E-state index contributed by atoms with van der Waals surface area (Å²) in [5, 5.41) is 20.9. The molecule has 5 N–H and O–H groups in total. The van der Waals surface area contributed by atoms with Crippen LogP contribution in [0.15, 0.2) is 54.9 Å². The van der Waals surface area contributed by atoms with Crippen LogP contribution in [0.1, 0.15) is 27.2 Å². The lowest BCUT2D eigenvalue weighted by atomic mass is 10.0. The van der Waals surface area contributed by atoms with E-state index in [4.69, 9.17) is 5.73 Å². The molecule has 0 saturated heterocycles. The third-order valence-corrected chi connectivity index (χ3v) is 5.28. The predicted molar refractivity (Wildman–Crippen MR) is 121 cm³/mol. The smallest absolute Gasteiger partial charge is 0.255 e. The van der Waals surface area contributed by atoms with E-state index in [2.05, 4.69) is 20.7 Å². The van der Waals surface area contributed by atoms with Crippen molar-refractivity contribution in [1.29, 1.82) is 0 Å². The Labute approximate surface area is 191 Å². The van der Waals surface area contributed by atoms with Gasteiger partial charge < -0.3 is 21.5 Å². The number of hydrogen-bond acceptors (Lipinski definition) is 6. The number of nitrogens with zero attached hydrogens (tertiary/aromatic N) is 3. The number of nitrogens with two attached hydrogens (primary N) is 1. The lowest BCUT2D eigenvalue weighted by Gasteiger charge is -2.22. The number of amides is 2. The lowest BCUT2D eigenvalue weighted by molar-refractivity contribution is -0.127. The molecule has 3 aromatic rings. The first-order valence-electron chi connectivity index (χ1n) is 10.1. The van der Waals surface area contributed by atoms with E-state index in [9.17, 15) is 14.7 Å². The van der Waals surface area contributed by atoms with E-state index in [0.29, 0.717) is 12.4 Å². The van der Waals surface area contributed by atoms with Gasteiger partial charge in [0.05, 0.1) is 17.3 Å². The average Bonchev–Trinajstić information content (AvgIpc) is 3.23. The van der Waals surface area contributed by atoms with Crippen LogP contribution in [0.4, 0.5) is 0 Å². The second kappa shape index (κ2) is 10.4. The molecule has 168 valence electrons. The molecular formula is C22H25ClN6O3. The van der Waals surface area contributed by atoms with Crippen LogP contribution in [-0.4, -0.2) is 50.4 Å². The number of aliphatic hydroxyl groups is 1. The van der Waals surface area contributed by atoms with Crippen LogP contribution in [0.5, 0.6) is 0 Å². The van der Waals surface area contributed by atoms with Gasteiger partial charge >= 0.3 is 0 Å². The molecule has 2 unspecified atom stereocenters. The van der Waals surface area contributed by atoms with Gasteiger partial charge in [-0.05, 0) is 42.6 Å². The zero-order valence-electron chi connectivity index (χ0n) is 17.3. The molecule has 9 nitrogen and oxygen atoms in total. The molecule has 2 aromatic heterocycles. The van der Waals surface area contributed by atoms with E-state index in [1.165, 1.54) is 0 Å². The Morgan fingerprint density at radius 1 is 1.22 bits per heavy atom. The first-order valence-corrected chi connectivity index (χ1v) is 10.1. The van der Waals surface area contributed by atoms with Crippen molar-refractivity contribution in [2.75, 3.05) is 6.54 Å². The van der Waals surface area contributed by atoms with Crippen LogP contribution in [0.2, 0.25) is 0 Å². The minimum absolute atomic E-state index is 0. The number of carbonyl (C=O) groups excluding carboxylic acids is 2. The van der Waals surface area contributed by atoms with Crippen molar-refractivity contribution in [3.63, 3.8) is 0 Å². The van der Waals surface area contributed by atoms with Crippen molar-refractivity contribution in [3.05, 3.63) is 77.2 Å². The Morgan fingerprint density at radius 3 is 2.72 bits per heavy atom. The number of aliphatic hydroxyl groups excluding tert-OH is 1. The van der Waals surface area contributed by atoms with Crippen molar-refractivity contribution >= 4 is 24.2 Å². The minimum Gasteiger partial charge on any atom is -0.381 e. The van der Waals surface area contributed by atoms with Gasteiger partial charge in [-0.25, -0.2) is 9.67 Å². The molecule has 3 heterocycles. The number of benzene rings is 1. The molecule has 0 bridgehead atoms. The van der Waals surface area contributed by atoms with Crippen LogP contribution in [0, 0.1) is 0 Å². The van der Waals surface area contributed by atoms with E-state index >= 15 is 0 Å². The van der Waals surface area contributed by atoms with E-state index < -0.39 is 24.0 Å². The molecule has 10 heteroatoms. The molecule has 0 saturated carbocycles. The molecule has 1 aromatic carbocycles. The van der Waals surface area contributed by atoms with Crippen LogP contribution < -0.4 is 16.4 Å². The number of nitrogens with one attached hydrogen (secondary N) is 2. The summed E-state index contributed by atoms with van der Waals surface area (Å²) < 4.78 is 1.60. The zero-order valence-corrected chi connectivity index (χ0v) is 18.1. The first kappa shape index (κ1) is 23.4. The summed E-state index contributed by atoms with van der Waals surface area (Å²) in [6.07, 6.45) is 3.04. The Bertz CT molecular complexity index is 1060. The van der Waals surface area contributed by atoms with Crippen LogP contribution >= 0.6 is 12.4 Å². The first-order chi connectivity index (χ1) is 15.0. The quantitative estimate of drug-likeness (QED) is 0.409. The Morgan fingerprint density at radius 2 is 2.00 bits per heavy atom. The fourth-order valence-corrected chi connectivity index (χ4v) is 3.65. The highest BCUT2D eigenvalue weighted by atomic mass is 35.5. The monoisotopic (exact) mass is 456 g/mol. The number of fused-ring (bicyclic) bond motifs is 1. The van der Waals surface area contributed by atoms with Crippen molar-refractivity contribution < 1.29 is 14.7 Å². The molecule has 2 atom stereocenters. The van der Waals surface area contributed by atoms with Gasteiger partial charge in [-0.1, -0.05) is 30.3 Å². The van der Waals surface area contributed by atoms with Crippen molar-refractivity contribution in [2.45, 2.75) is 31.5 Å². The molecule has 32 heavy (non-hydrogen) atoms. The van der Waals surface area contributed by atoms with Gasteiger partial charge in [-0.3, -0.25) is 9.59 Å². The summed E-state index contributed by atoms with van der Waals surface area (Å²) in [6, 6.07) is 11.7. The van der Waals surface area contributed by atoms with Crippen LogP contribution in [-0.2, 0) is 24.2 Å². The third kappa shape index (κ3) is 5.13. The molecule has 1 aliphatic rings. The van der Waals surface area contributed by atoms with Crippen molar-refractivity contribution in [3.8, 4) is 5.82 Å². The third-order valence-electron chi connectivity index (χ3n) is 5.28. The van der Waals surface area contributed by atoms with Gasteiger partial charge in [0, 0.05) is 18.9 Å². The molecule has 2 amide bonds. The van der Waals surface area contributed by atoms with Crippen LogP contribution in [0.3, 0.4) is 0 Å². The van der Waals surface area contributed by atoms with Gasteiger partial charge in [-0.2, -0.15) is 5.10 Å². The topological polar surface area (TPSA) is 135 Å². The maximum absolute atomic E-state index is 13.1. The number of hydrogen-bond donors (Lipinski definition) is 4. The second-order valence-electron chi connectivity index (χ2n) is 7.46. The fourth-order valence-electron chi connectivity index (χ4n) is 3.65. The summed E-state index contributed by atoms with van der Waals surface area (Å²) in [6.45, 7) is 1.54. The highest BCUT2D eigenvalue weighted by Crippen LogP contribution is 2.17. The van der Waals surface area contributed by atoms with E-state index in [1.54, 1.807) is 23.0 Å². The Kier molecular flexibility index (Phi) is 7.57. The summed E-state index contributed by atoms with van der Waals surface area (Å²) >= 11 is 0. The van der Waals surface area contributed by atoms with Crippen molar-refractivity contribution in [2.24, 2.45) is 5.73 Å². The summed E-state index contributed by atoms with van der Waals surface area (Å²) in [5.74, 6) is -1.00. The number of primary amides is 1. The largest absolute Gasteiger partial charge is 0.381 e. The molecule has 0 spiro atoms. The van der Waals surface area contributed by atoms with Gasteiger partial charge in [0.15, 0.2) is 11.9 Å². The number of pyridine rings is 1. The summed E-state index contributed by atoms with van der Waals surface area (Å²) in [7, 11) is 0. The molecule has 0 radical (unpaired) electrons. The number of halogens is 1. The molecule has 0 fully saturated rings. The van der Waals surface area contributed by atoms with Gasteiger partial charge in [-0.15, -0.1) is 12.4 Å². The van der Waals surface area contributed by atoms with E-state index in [0.717, 1.165) is 29.8 Å². The van der Waals surface area contributed by atoms with Gasteiger partial charge in [0.1, 0.15) is 0 Å².